The number of nitrogens with zero attached hydrogens (tertiary/aromatic N) is 2. The van der Waals surface area contributed by atoms with E-state index in [0.717, 1.165) is 57.8 Å². The molecule has 6 nitrogen and oxygen atoms in total. The SMILES string of the molecule is CCc1c(C)sc2nc(SCC(=O)Nc3ccccc3C)n(CC3CCCO3)c(=O)c12. The van der Waals surface area contributed by atoms with Crippen molar-refractivity contribution in [2.75, 3.05) is 17.7 Å². The number of amides is 1. The second kappa shape index (κ2) is 9.54. The maximum absolute atomic E-state index is 13.5. The van der Waals surface area contributed by atoms with Gasteiger partial charge in [0.1, 0.15) is 4.83 Å². The number of rotatable bonds is 7. The zero-order valence-electron chi connectivity index (χ0n) is 18.1. The fraction of sp³-hybridized carbons (Fsp3) is 0.435. The Morgan fingerprint density at radius 1 is 1.35 bits per heavy atom. The van der Waals surface area contributed by atoms with Gasteiger partial charge in [-0.1, -0.05) is 36.9 Å². The molecule has 1 aromatic carbocycles. The zero-order chi connectivity index (χ0) is 22.0. The Hall–Kier alpha value is -2.16. The molecule has 1 fully saturated rings. The molecule has 1 unspecified atom stereocenters. The van der Waals surface area contributed by atoms with Crippen molar-refractivity contribution in [3.8, 4) is 0 Å². The summed E-state index contributed by atoms with van der Waals surface area (Å²) in [6.07, 6.45) is 2.76. The number of hydrogen-bond acceptors (Lipinski definition) is 6. The first-order valence-corrected chi connectivity index (χ1v) is 12.4. The highest BCUT2D eigenvalue weighted by Gasteiger charge is 2.23. The van der Waals surface area contributed by atoms with Crippen LogP contribution in [0.5, 0.6) is 0 Å². The number of fused-ring (bicyclic) bond motifs is 1. The van der Waals surface area contributed by atoms with Crippen LogP contribution in [-0.4, -0.2) is 33.9 Å². The molecule has 0 spiro atoms. The van der Waals surface area contributed by atoms with Gasteiger partial charge in [0.2, 0.25) is 5.91 Å². The van der Waals surface area contributed by atoms with Gasteiger partial charge in [-0.05, 0) is 50.3 Å². The quantitative estimate of drug-likeness (QED) is 0.416. The maximum Gasteiger partial charge on any atom is 0.263 e. The smallest absolute Gasteiger partial charge is 0.263 e. The second-order valence-corrected chi connectivity index (χ2v) is 9.91. The number of ether oxygens (including phenoxy) is 1. The number of aryl methyl sites for hydroxylation is 3. The van der Waals surface area contributed by atoms with Crippen molar-refractivity contribution in [1.29, 1.82) is 0 Å². The number of thioether (sulfide) groups is 1. The Bertz CT molecular complexity index is 1160. The minimum absolute atomic E-state index is 0.0157. The van der Waals surface area contributed by atoms with Crippen LogP contribution in [0.2, 0.25) is 0 Å². The monoisotopic (exact) mass is 457 g/mol. The van der Waals surface area contributed by atoms with E-state index in [1.807, 2.05) is 38.1 Å². The highest BCUT2D eigenvalue weighted by Crippen LogP contribution is 2.30. The lowest BCUT2D eigenvalue weighted by atomic mass is 10.1. The largest absolute Gasteiger partial charge is 0.376 e. The van der Waals surface area contributed by atoms with E-state index in [2.05, 4.69) is 12.2 Å². The lowest BCUT2D eigenvalue weighted by Gasteiger charge is -2.16. The topological polar surface area (TPSA) is 73.2 Å². The number of thiophene rings is 1. The first-order valence-electron chi connectivity index (χ1n) is 10.6. The summed E-state index contributed by atoms with van der Waals surface area (Å²) in [6, 6.07) is 7.68. The molecule has 8 heteroatoms. The molecule has 2 aromatic heterocycles. The average molecular weight is 458 g/mol. The number of carbonyl (C=O) groups is 1. The third-order valence-corrected chi connectivity index (χ3v) is 7.61. The van der Waals surface area contributed by atoms with E-state index in [1.54, 1.807) is 15.9 Å². The Kier molecular flexibility index (Phi) is 6.79. The molecule has 0 radical (unpaired) electrons. The van der Waals surface area contributed by atoms with Crippen LogP contribution in [0.25, 0.3) is 10.2 Å². The number of aromatic nitrogens is 2. The van der Waals surface area contributed by atoms with E-state index < -0.39 is 0 Å². The molecule has 0 aliphatic carbocycles. The fourth-order valence-electron chi connectivity index (χ4n) is 3.95. The molecule has 0 saturated carbocycles. The van der Waals surface area contributed by atoms with Crippen LogP contribution in [0.1, 0.15) is 35.8 Å². The van der Waals surface area contributed by atoms with Gasteiger partial charge in [-0.25, -0.2) is 4.98 Å². The van der Waals surface area contributed by atoms with Gasteiger partial charge in [0.15, 0.2) is 5.16 Å². The number of nitrogens with one attached hydrogen (secondary N) is 1. The molecular formula is C23H27N3O3S2. The summed E-state index contributed by atoms with van der Waals surface area (Å²) in [5.74, 6) is 0.0666. The zero-order valence-corrected chi connectivity index (χ0v) is 19.7. The van der Waals surface area contributed by atoms with Crippen molar-refractivity contribution < 1.29 is 9.53 Å². The average Bonchev–Trinajstić information content (AvgIpc) is 3.37. The van der Waals surface area contributed by atoms with E-state index in [9.17, 15) is 9.59 Å². The van der Waals surface area contributed by atoms with Gasteiger partial charge in [-0.2, -0.15) is 0 Å². The van der Waals surface area contributed by atoms with Crippen molar-refractivity contribution >= 4 is 44.9 Å². The molecule has 1 amide bonds. The molecule has 3 heterocycles. The Balaban J connectivity index is 1.62. The second-order valence-electron chi connectivity index (χ2n) is 7.77. The van der Waals surface area contributed by atoms with Crippen molar-refractivity contribution in [2.45, 2.75) is 57.8 Å². The van der Waals surface area contributed by atoms with Crippen molar-refractivity contribution in [3.05, 3.63) is 50.6 Å². The molecule has 0 bridgehead atoms. The molecule has 31 heavy (non-hydrogen) atoms. The van der Waals surface area contributed by atoms with Gasteiger partial charge >= 0.3 is 0 Å². The number of carbonyl (C=O) groups excluding carboxylic acids is 1. The molecule has 164 valence electrons. The molecule has 1 N–H and O–H groups in total. The number of para-hydroxylation sites is 1. The lowest BCUT2D eigenvalue weighted by molar-refractivity contribution is -0.113. The van der Waals surface area contributed by atoms with E-state index in [0.29, 0.717) is 11.7 Å². The summed E-state index contributed by atoms with van der Waals surface area (Å²) in [7, 11) is 0. The van der Waals surface area contributed by atoms with Gasteiger partial charge < -0.3 is 10.1 Å². The van der Waals surface area contributed by atoms with E-state index in [4.69, 9.17) is 9.72 Å². The molecular weight excluding hydrogens is 430 g/mol. The molecule has 1 atom stereocenters. The minimum atomic E-state index is -0.117. The van der Waals surface area contributed by atoms with E-state index in [1.165, 1.54) is 11.8 Å². The summed E-state index contributed by atoms with van der Waals surface area (Å²) < 4.78 is 7.50. The van der Waals surface area contributed by atoms with Crippen molar-refractivity contribution in [1.82, 2.24) is 9.55 Å². The third kappa shape index (κ3) is 4.71. The number of hydrogen-bond donors (Lipinski definition) is 1. The molecule has 1 aliphatic rings. The van der Waals surface area contributed by atoms with E-state index in [-0.39, 0.29) is 23.3 Å². The van der Waals surface area contributed by atoms with Gasteiger partial charge in [0.05, 0.1) is 23.8 Å². The normalized spacial score (nSPS) is 16.2. The summed E-state index contributed by atoms with van der Waals surface area (Å²) in [6.45, 7) is 7.27. The summed E-state index contributed by atoms with van der Waals surface area (Å²) in [5, 5.41) is 4.25. The van der Waals surface area contributed by atoms with E-state index >= 15 is 0 Å². The minimum Gasteiger partial charge on any atom is -0.376 e. The van der Waals surface area contributed by atoms with Crippen LogP contribution in [0.15, 0.2) is 34.2 Å². The van der Waals surface area contributed by atoms with Crippen molar-refractivity contribution in [2.24, 2.45) is 0 Å². The van der Waals surface area contributed by atoms with Crippen LogP contribution in [-0.2, 0) is 22.5 Å². The number of benzene rings is 1. The Morgan fingerprint density at radius 2 is 2.16 bits per heavy atom. The lowest BCUT2D eigenvalue weighted by Crippen LogP contribution is -2.29. The van der Waals surface area contributed by atoms with Crippen LogP contribution < -0.4 is 10.9 Å². The van der Waals surface area contributed by atoms with Gasteiger partial charge in [-0.15, -0.1) is 11.3 Å². The summed E-state index contributed by atoms with van der Waals surface area (Å²) >= 11 is 2.86. The molecule has 4 rings (SSSR count). The van der Waals surface area contributed by atoms with Crippen molar-refractivity contribution in [3.63, 3.8) is 0 Å². The van der Waals surface area contributed by atoms with Gasteiger partial charge in [-0.3, -0.25) is 14.2 Å². The van der Waals surface area contributed by atoms with Crippen LogP contribution in [0.4, 0.5) is 5.69 Å². The Labute approximate surface area is 190 Å². The fourth-order valence-corrected chi connectivity index (χ4v) is 5.91. The van der Waals surface area contributed by atoms with Crippen LogP contribution in [0.3, 0.4) is 0 Å². The Morgan fingerprint density at radius 3 is 2.87 bits per heavy atom. The van der Waals surface area contributed by atoms with Crippen LogP contribution in [0, 0.1) is 13.8 Å². The first kappa shape index (κ1) is 22.0. The highest BCUT2D eigenvalue weighted by atomic mass is 32.2. The van der Waals surface area contributed by atoms with Gasteiger partial charge in [0.25, 0.3) is 5.56 Å². The molecule has 3 aromatic rings. The number of anilines is 1. The maximum atomic E-state index is 13.5. The summed E-state index contributed by atoms with van der Waals surface area (Å²) in [5.41, 5.74) is 2.86. The predicted octanol–water partition coefficient (Wildman–Crippen LogP) is 4.55. The molecule has 1 aliphatic heterocycles. The standard InChI is InChI=1S/C23H27N3O3S2/c1-4-17-15(3)31-21-20(17)22(28)26(12-16-9-7-11-29-16)23(25-21)30-13-19(27)24-18-10-6-5-8-14(18)2/h5-6,8,10,16H,4,7,9,11-13H2,1-3H3,(H,24,27). The van der Waals surface area contributed by atoms with Gasteiger partial charge in [0, 0.05) is 17.2 Å². The third-order valence-electron chi connectivity index (χ3n) is 5.59. The predicted molar refractivity (Wildman–Crippen MR) is 128 cm³/mol. The highest BCUT2D eigenvalue weighted by molar-refractivity contribution is 7.99. The first-order chi connectivity index (χ1) is 15.0. The summed E-state index contributed by atoms with van der Waals surface area (Å²) in [4.78, 5) is 32.7. The van der Waals surface area contributed by atoms with Crippen LogP contribution >= 0.6 is 23.1 Å². The molecule has 1 saturated heterocycles.